The highest BCUT2D eigenvalue weighted by molar-refractivity contribution is 7.92. The lowest BCUT2D eigenvalue weighted by molar-refractivity contribution is -0.141. The van der Waals surface area contributed by atoms with E-state index in [1.165, 1.54) is 10.6 Å². The highest BCUT2D eigenvalue weighted by atomic mass is 32.2. The van der Waals surface area contributed by atoms with Crippen molar-refractivity contribution in [1.82, 2.24) is 10.2 Å². The zero-order valence-electron chi connectivity index (χ0n) is 23.2. The molecule has 0 aliphatic rings. The van der Waals surface area contributed by atoms with Crippen LogP contribution in [-0.4, -0.2) is 50.5 Å². The molecule has 2 aromatic carbocycles. The van der Waals surface area contributed by atoms with E-state index < -0.39 is 16.1 Å². The zero-order chi connectivity index (χ0) is 27.6. The van der Waals surface area contributed by atoms with Crippen molar-refractivity contribution >= 4 is 27.5 Å². The van der Waals surface area contributed by atoms with Crippen LogP contribution in [0.15, 0.2) is 48.5 Å². The number of aryl methyl sites for hydroxylation is 2. The maximum atomic E-state index is 13.5. The molecule has 2 amide bonds. The van der Waals surface area contributed by atoms with E-state index in [9.17, 15) is 18.0 Å². The number of benzene rings is 2. The van der Waals surface area contributed by atoms with E-state index in [1.54, 1.807) is 17.0 Å². The third-order valence-corrected chi connectivity index (χ3v) is 7.48. The summed E-state index contributed by atoms with van der Waals surface area (Å²) in [6.07, 6.45) is 3.02. The lowest BCUT2D eigenvalue weighted by atomic mass is 10.1. The summed E-state index contributed by atoms with van der Waals surface area (Å²) in [6.45, 7) is 11.1. The van der Waals surface area contributed by atoms with Gasteiger partial charge in [-0.3, -0.25) is 13.9 Å². The van der Waals surface area contributed by atoms with E-state index in [-0.39, 0.29) is 24.8 Å². The van der Waals surface area contributed by atoms with Gasteiger partial charge < -0.3 is 10.2 Å². The molecule has 0 bridgehead atoms. The molecule has 2 rings (SSSR count). The normalized spacial score (nSPS) is 12.3. The molecule has 1 N–H and O–H groups in total. The number of hydrogen-bond donors (Lipinski definition) is 1. The Bertz CT molecular complexity index is 1130. The number of nitrogens with zero attached hydrogens (tertiary/aromatic N) is 2. The monoisotopic (exact) mass is 529 g/mol. The Balaban J connectivity index is 2.20. The minimum atomic E-state index is -3.51. The number of carbonyl (C=O) groups excluding carboxylic acids is 2. The largest absolute Gasteiger partial charge is 0.354 e. The summed E-state index contributed by atoms with van der Waals surface area (Å²) < 4.78 is 26.4. The quantitative estimate of drug-likeness (QED) is 0.385. The maximum Gasteiger partial charge on any atom is 0.242 e. The average Bonchev–Trinajstić information content (AvgIpc) is 2.84. The first-order valence-corrected chi connectivity index (χ1v) is 15.0. The maximum absolute atomic E-state index is 13.5. The van der Waals surface area contributed by atoms with E-state index in [2.05, 4.69) is 5.32 Å². The van der Waals surface area contributed by atoms with Crippen LogP contribution < -0.4 is 9.62 Å². The summed E-state index contributed by atoms with van der Waals surface area (Å²) in [4.78, 5) is 28.2. The fourth-order valence-corrected chi connectivity index (χ4v) is 5.22. The molecule has 1 unspecified atom stereocenters. The number of carbonyl (C=O) groups is 2. The molecule has 0 heterocycles. The molecule has 37 heavy (non-hydrogen) atoms. The molecule has 0 spiro atoms. The lowest BCUT2D eigenvalue weighted by Gasteiger charge is -2.31. The molecule has 1 atom stereocenters. The van der Waals surface area contributed by atoms with E-state index >= 15 is 0 Å². The van der Waals surface area contributed by atoms with Gasteiger partial charge in [-0.25, -0.2) is 8.42 Å². The van der Waals surface area contributed by atoms with Crippen molar-refractivity contribution in [2.24, 2.45) is 5.92 Å². The molecule has 0 saturated heterocycles. The summed E-state index contributed by atoms with van der Waals surface area (Å²) in [5.74, 6) is -0.0236. The summed E-state index contributed by atoms with van der Waals surface area (Å²) >= 11 is 0. The van der Waals surface area contributed by atoms with Gasteiger partial charge in [-0.1, -0.05) is 69.7 Å². The Labute approximate surface area is 223 Å². The molecule has 204 valence electrons. The Hall–Kier alpha value is -2.87. The highest BCUT2D eigenvalue weighted by Crippen LogP contribution is 2.21. The predicted molar refractivity (Wildman–Crippen MR) is 151 cm³/mol. The fraction of sp³-hybridized carbons (Fsp3) is 0.517. The molecule has 0 aliphatic carbocycles. The van der Waals surface area contributed by atoms with Crippen LogP contribution >= 0.6 is 0 Å². The van der Waals surface area contributed by atoms with Gasteiger partial charge in [-0.15, -0.1) is 0 Å². The van der Waals surface area contributed by atoms with Gasteiger partial charge in [0.25, 0.3) is 0 Å². The van der Waals surface area contributed by atoms with Crippen LogP contribution in [0.4, 0.5) is 5.69 Å². The number of hydrogen-bond acceptors (Lipinski definition) is 4. The van der Waals surface area contributed by atoms with Crippen LogP contribution in [0.1, 0.15) is 63.6 Å². The standard InChI is InChI=1S/C29H43N3O4S/c1-7-24-14-16-26(17-15-24)32(37(6,35)36)18-10-13-28(33)31(21-25-12-9-11-23(5)19-25)27(8-2)29(34)30-20-22(3)4/h9,11-12,14-17,19,22,27H,7-8,10,13,18,20-21H2,1-6H3,(H,30,34). The second-order valence-electron chi connectivity index (χ2n) is 10.0. The van der Waals surface area contributed by atoms with E-state index in [0.717, 1.165) is 23.1 Å². The van der Waals surface area contributed by atoms with Crippen LogP contribution in [0.25, 0.3) is 0 Å². The van der Waals surface area contributed by atoms with Gasteiger partial charge in [-0.05, 0) is 55.4 Å². The van der Waals surface area contributed by atoms with Crippen LogP contribution in [0, 0.1) is 12.8 Å². The highest BCUT2D eigenvalue weighted by Gasteiger charge is 2.29. The molecule has 0 aliphatic heterocycles. The van der Waals surface area contributed by atoms with Crippen molar-refractivity contribution in [3.8, 4) is 0 Å². The number of amides is 2. The van der Waals surface area contributed by atoms with Crippen LogP contribution in [0.2, 0.25) is 0 Å². The molecular formula is C29H43N3O4S. The molecule has 0 fully saturated rings. The average molecular weight is 530 g/mol. The van der Waals surface area contributed by atoms with E-state index in [4.69, 9.17) is 0 Å². The Morgan fingerprint density at radius 3 is 2.22 bits per heavy atom. The molecule has 0 radical (unpaired) electrons. The van der Waals surface area contributed by atoms with Crippen molar-refractivity contribution in [2.45, 2.75) is 72.9 Å². The van der Waals surface area contributed by atoms with Gasteiger partial charge >= 0.3 is 0 Å². The zero-order valence-corrected chi connectivity index (χ0v) is 24.0. The molecule has 7 nitrogen and oxygen atoms in total. The molecule has 8 heteroatoms. The van der Waals surface area contributed by atoms with Crippen LogP contribution in [-0.2, 0) is 32.6 Å². The number of nitrogens with one attached hydrogen (secondary N) is 1. The number of anilines is 1. The second kappa shape index (κ2) is 14.2. The first-order valence-electron chi connectivity index (χ1n) is 13.2. The van der Waals surface area contributed by atoms with E-state index in [0.29, 0.717) is 37.5 Å². The van der Waals surface area contributed by atoms with Gasteiger partial charge in [-0.2, -0.15) is 0 Å². The van der Waals surface area contributed by atoms with Crippen molar-refractivity contribution < 1.29 is 18.0 Å². The van der Waals surface area contributed by atoms with Crippen LogP contribution in [0.5, 0.6) is 0 Å². The lowest BCUT2D eigenvalue weighted by Crippen LogP contribution is -2.49. The van der Waals surface area contributed by atoms with Crippen LogP contribution in [0.3, 0.4) is 0 Å². The molecule has 2 aromatic rings. The number of rotatable bonds is 14. The van der Waals surface area contributed by atoms with Gasteiger partial charge in [0.2, 0.25) is 21.8 Å². The summed E-state index contributed by atoms with van der Waals surface area (Å²) in [5.41, 5.74) is 3.75. The van der Waals surface area contributed by atoms with Gasteiger partial charge in [0.1, 0.15) is 6.04 Å². The van der Waals surface area contributed by atoms with Gasteiger partial charge in [0, 0.05) is 26.1 Å². The van der Waals surface area contributed by atoms with Crippen molar-refractivity contribution in [3.05, 3.63) is 65.2 Å². The van der Waals surface area contributed by atoms with Crippen molar-refractivity contribution in [2.75, 3.05) is 23.7 Å². The Kier molecular flexibility index (Phi) is 11.6. The minimum absolute atomic E-state index is 0.138. The SMILES string of the molecule is CCc1ccc(N(CCCC(=O)N(Cc2cccc(C)c2)C(CC)C(=O)NCC(C)C)S(C)(=O)=O)cc1. The van der Waals surface area contributed by atoms with Gasteiger partial charge in [0.15, 0.2) is 0 Å². The summed E-state index contributed by atoms with van der Waals surface area (Å²) in [7, 11) is -3.51. The fourth-order valence-electron chi connectivity index (χ4n) is 4.25. The third kappa shape index (κ3) is 9.50. The minimum Gasteiger partial charge on any atom is -0.354 e. The van der Waals surface area contributed by atoms with Gasteiger partial charge in [0.05, 0.1) is 11.9 Å². The summed E-state index contributed by atoms with van der Waals surface area (Å²) in [5, 5.41) is 2.97. The smallest absolute Gasteiger partial charge is 0.242 e. The first kappa shape index (κ1) is 30.4. The third-order valence-electron chi connectivity index (χ3n) is 6.29. The summed E-state index contributed by atoms with van der Waals surface area (Å²) in [6, 6.07) is 14.8. The molecular weight excluding hydrogens is 486 g/mol. The Morgan fingerprint density at radius 2 is 1.68 bits per heavy atom. The van der Waals surface area contributed by atoms with Crippen molar-refractivity contribution in [1.29, 1.82) is 0 Å². The topological polar surface area (TPSA) is 86.8 Å². The van der Waals surface area contributed by atoms with E-state index in [1.807, 2.05) is 71.0 Å². The first-order chi connectivity index (χ1) is 17.5. The number of sulfonamides is 1. The Morgan fingerprint density at radius 1 is 1.00 bits per heavy atom. The second-order valence-corrected chi connectivity index (χ2v) is 11.9. The molecule has 0 saturated carbocycles. The van der Waals surface area contributed by atoms with Crippen molar-refractivity contribution in [3.63, 3.8) is 0 Å². The predicted octanol–water partition coefficient (Wildman–Crippen LogP) is 4.68. The molecule has 0 aromatic heterocycles.